The molecule has 86 valence electrons. The monoisotopic (exact) mass is 252 g/mol. The average Bonchev–Trinajstić information content (AvgIpc) is 2.34. The molecule has 0 heterocycles. The maximum absolute atomic E-state index is 12.3. The van der Waals surface area contributed by atoms with Gasteiger partial charge in [0.05, 0.1) is 0 Å². The Hall–Kier alpha value is -0.410. The van der Waals surface area contributed by atoms with Gasteiger partial charge in [-0.1, -0.05) is 18.2 Å². The van der Waals surface area contributed by atoms with Gasteiger partial charge in [0.15, 0.2) is 5.78 Å². The van der Waals surface area contributed by atoms with Crippen molar-refractivity contribution in [2.45, 2.75) is 19.3 Å². The van der Waals surface area contributed by atoms with Gasteiger partial charge in [0.25, 0.3) is 0 Å². The Labute approximate surface area is 105 Å². The van der Waals surface area contributed by atoms with Crippen molar-refractivity contribution in [3.63, 3.8) is 0 Å². The van der Waals surface area contributed by atoms with E-state index < -0.39 is 0 Å². The van der Waals surface area contributed by atoms with Crippen molar-refractivity contribution in [3.05, 3.63) is 33.6 Å². The Kier molecular flexibility index (Phi) is 3.98. The molecule has 0 N–H and O–H groups in total. The molecule has 2 aliphatic carbocycles. The van der Waals surface area contributed by atoms with Crippen molar-refractivity contribution in [2.75, 3.05) is 12.5 Å². The molecule has 0 aromatic heterocycles. The van der Waals surface area contributed by atoms with Gasteiger partial charge in [0.2, 0.25) is 0 Å². The minimum absolute atomic E-state index is 0.291. The van der Waals surface area contributed by atoms with Crippen LogP contribution in [0.25, 0.3) is 0 Å². The molecule has 0 bridgehead atoms. The van der Waals surface area contributed by atoms with Crippen molar-refractivity contribution >= 4 is 29.3 Å². The fourth-order valence-electron chi connectivity index (χ4n) is 2.34. The number of Topliss-reactive ketones (excluding diaryl/α,β-unsaturated/α-hetero) is 1. The molecule has 0 aromatic carbocycles. The molecule has 1 nitrogen and oxygen atoms in total. The Morgan fingerprint density at radius 2 is 2.12 bits per heavy atom. The summed E-state index contributed by atoms with van der Waals surface area (Å²) in [6, 6.07) is 0. The maximum Gasteiger partial charge on any atom is 0.186 e. The first-order valence-corrected chi connectivity index (χ1v) is 7.95. The molecule has 0 radical (unpaired) electrons. The standard InChI is InChI=1S/C13H16OS2/c1-15-13(16-2)11-8-7-9-5-3-4-6-10(9)12(11)14/h3-4,6,9H,5,7-8H2,1-2H3. The zero-order valence-corrected chi connectivity index (χ0v) is 11.3. The van der Waals surface area contributed by atoms with Crippen LogP contribution in [0.5, 0.6) is 0 Å². The lowest BCUT2D eigenvalue weighted by Crippen LogP contribution is -2.23. The highest BCUT2D eigenvalue weighted by atomic mass is 32.2. The Morgan fingerprint density at radius 1 is 1.38 bits per heavy atom. The summed E-state index contributed by atoms with van der Waals surface area (Å²) in [5.41, 5.74) is 2.07. The topological polar surface area (TPSA) is 17.1 Å². The quantitative estimate of drug-likeness (QED) is 0.696. The van der Waals surface area contributed by atoms with Gasteiger partial charge in [-0.05, 0) is 37.7 Å². The zero-order valence-electron chi connectivity index (χ0n) is 9.66. The van der Waals surface area contributed by atoms with E-state index in [0.717, 1.165) is 30.4 Å². The second-order valence-corrected chi connectivity index (χ2v) is 5.92. The molecule has 1 saturated carbocycles. The van der Waals surface area contributed by atoms with E-state index in [2.05, 4.69) is 6.08 Å². The van der Waals surface area contributed by atoms with Gasteiger partial charge in [-0.15, -0.1) is 23.5 Å². The third kappa shape index (κ3) is 2.16. The second kappa shape index (κ2) is 5.28. The Morgan fingerprint density at radius 3 is 2.81 bits per heavy atom. The van der Waals surface area contributed by atoms with Gasteiger partial charge >= 0.3 is 0 Å². The van der Waals surface area contributed by atoms with Crippen LogP contribution in [0.3, 0.4) is 0 Å². The fraction of sp³-hybridized carbons (Fsp3) is 0.462. The van der Waals surface area contributed by atoms with Crippen molar-refractivity contribution in [1.29, 1.82) is 0 Å². The summed E-state index contributed by atoms with van der Waals surface area (Å²) in [6.07, 6.45) is 13.4. The number of thioether (sulfide) groups is 2. The SMILES string of the molecule is CSC(SC)=C1CCC2CC=CC=C2C1=O. The minimum Gasteiger partial charge on any atom is -0.289 e. The number of fused-ring (bicyclic) bond motifs is 1. The second-order valence-electron chi connectivity index (χ2n) is 4.02. The molecule has 1 fully saturated rings. The lowest BCUT2D eigenvalue weighted by atomic mass is 9.77. The predicted octanol–water partition coefficient (Wildman–Crippen LogP) is 3.79. The molecule has 0 aromatic rings. The predicted molar refractivity (Wildman–Crippen MR) is 73.6 cm³/mol. The van der Waals surface area contributed by atoms with Crippen LogP contribution in [0.4, 0.5) is 0 Å². The van der Waals surface area contributed by atoms with E-state index in [0.29, 0.717) is 11.7 Å². The first-order valence-electron chi connectivity index (χ1n) is 5.50. The average molecular weight is 252 g/mol. The van der Waals surface area contributed by atoms with E-state index in [1.807, 2.05) is 24.7 Å². The van der Waals surface area contributed by atoms with Crippen molar-refractivity contribution in [1.82, 2.24) is 0 Å². The van der Waals surface area contributed by atoms with Crippen LogP contribution >= 0.6 is 23.5 Å². The molecule has 0 aliphatic heterocycles. The van der Waals surface area contributed by atoms with E-state index in [-0.39, 0.29) is 0 Å². The summed E-state index contributed by atoms with van der Waals surface area (Å²) >= 11 is 3.39. The van der Waals surface area contributed by atoms with E-state index in [4.69, 9.17) is 0 Å². The van der Waals surface area contributed by atoms with Gasteiger partial charge in [0, 0.05) is 15.4 Å². The molecule has 1 unspecified atom stereocenters. The van der Waals surface area contributed by atoms with Gasteiger partial charge < -0.3 is 0 Å². The smallest absolute Gasteiger partial charge is 0.186 e. The molecule has 16 heavy (non-hydrogen) atoms. The molecule has 0 spiro atoms. The largest absolute Gasteiger partial charge is 0.289 e. The number of hydrogen-bond donors (Lipinski definition) is 0. The number of carbonyl (C=O) groups is 1. The number of hydrogen-bond acceptors (Lipinski definition) is 3. The van der Waals surface area contributed by atoms with Crippen LogP contribution in [0, 0.1) is 5.92 Å². The summed E-state index contributed by atoms with van der Waals surface area (Å²) in [7, 11) is 0. The van der Waals surface area contributed by atoms with Crippen LogP contribution in [-0.4, -0.2) is 18.3 Å². The van der Waals surface area contributed by atoms with Gasteiger partial charge in [0.1, 0.15) is 0 Å². The van der Waals surface area contributed by atoms with Crippen LogP contribution in [0.1, 0.15) is 19.3 Å². The highest BCUT2D eigenvalue weighted by Crippen LogP contribution is 2.40. The van der Waals surface area contributed by atoms with Crippen molar-refractivity contribution in [3.8, 4) is 0 Å². The van der Waals surface area contributed by atoms with E-state index >= 15 is 0 Å². The Balaban J connectivity index is 2.33. The van der Waals surface area contributed by atoms with E-state index in [9.17, 15) is 4.79 Å². The van der Waals surface area contributed by atoms with E-state index in [1.54, 1.807) is 23.5 Å². The molecule has 0 amide bonds. The summed E-state index contributed by atoms with van der Waals surface area (Å²) in [5.74, 6) is 0.769. The van der Waals surface area contributed by atoms with E-state index in [1.165, 1.54) is 4.24 Å². The molecule has 0 saturated heterocycles. The van der Waals surface area contributed by atoms with Crippen molar-refractivity contribution < 1.29 is 4.79 Å². The van der Waals surface area contributed by atoms with Crippen molar-refractivity contribution in [2.24, 2.45) is 5.92 Å². The third-order valence-corrected chi connectivity index (χ3v) is 5.40. The summed E-state index contributed by atoms with van der Waals surface area (Å²) in [5, 5.41) is 0. The molecule has 2 rings (SSSR count). The molecular formula is C13H16OS2. The molecule has 3 heteroatoms. The fourth-order valence-corrected chi connectivity index (χ4v) is 3.89. The number of ketones is 1. The third-order valence-electron chi connectivity index (χ3n) is 3.17. The first-order chi connectivity index (χ1) is 7.77. The van der Waals surface area contributed by atoms with Gasteiger partial charge in [-0.2, -0.15) is 0 Å². The highest BCUT2D eigenvalue weighted by Gasteiger charge is 2.30. The number of allylic oxidation sites excluding steroid dienone is 5. The van der Waals surface area contributed by atoms with Gasteiger partial charge in [-0.3, -0.25) is 4.79 Å². The lowest BCUT2D eigenvalue weighted by molar-refractivity contribution is -0.113. The Bertz CT molecular complexity index is 385. The summed E-state index contributed by atoms with van der Waals surface area (Å²) in [4.78, 5) is 12.3. The zero-order chi connectivity index (χ0) is 11.5. The molecule has 1 atom stereocenters. The first kappa shape index (κ1) is 12.1. The number of carbonyl (C=O) groups excluding carboxylic acids is 1. The molecule has 2 aliphatic rings. The van der Waals surface area contributed by atoms with Crippen LogP contribution in [0.15, 0.2) is 33.6 Å². The van der Waals surface area contributed by atoms with Crippen LogP contribution in [-0.2, 0) is 4.79 Å². The summed E-state index contributed by atoms with van der Waals surface area (Å²) in [6.45, 7) is 0. The molecular weight excluding hydrogens is 236 g/mol. The number of rotatable bonds is 2. The lowest BCUT2D eigenvalue weighted by Gasteiger charge is -2.27. The minimum atomic E-state index is 0.291. The maximum atomic E-state index is 12.3. The van der Waals surface area contributed by atoms with Crippen LogP contribution in [0.2, 0.25) is 0 Å². The highest BCUT2D eigenvalue weighted by molar-refractivity contribution is 8.21. The van der Waals surface area contributed by atoms with Crippen LogP contribution < -0.4 is 0 Å². The summed E-state index contributed by atoms with van der Waals surface area (Å²) < 4.78 is 1.19. The normalized spacial score (nSPS) is 24.1. The van der Waals surface area contributed by atoms with Gasteiger partial charge in [-0.25, -0.2) is 0 Å².